The molecule has 1 heterocycles. The van der Waals surface area contributed by atoms with Crippen molar-refractivity contribution in [3.63, 3.8) is 0 Å². The second kappa shape index (κ2) is 7.04. The number of hydrogen-bond donors (Lipinski definition) is 2. The summed E-state index contributed by atoms with van der Waals surface area (Å²) in [5.74, 6) is 0.331. The molecule has 2 aromatic rings. The summed E-state index contributed by atoms with van der Waals surface area (Å²) in [7, 11) is 0. The lowest BCUT2D eigenvalue weighted by Crippen LogP contribution is -2.42. The third-order valence-electron chi connectivity index (χ3n) is 3.28. The van der Waals surface area contributed by atoms with Crippen LogP contribution in [0, 0.1) is 5.82 Å². The van der Waals surface area contributed by atoms with E-state index in [2.05, 4.69) is 10.6 Å². The topological polar surface area (TPSA) is 54.3 Å². The Morgan fingerprint density at radius 2 is 1.95 bits per heavy atom. The average Bonchev–Trinajstić information content (AvgIpc) is 2.98. The lowest BCUT2D eigenvalue weighted by atomic mass is 10.1. The molecule has 112 valence electrons. The molecule has 5 heteroatoms. The van der Waals surface area contributed by atoms with Gasteiger partial charge in [-0.3, -0.25) is 10.1 Å². The lowest BCUT2D eigenvalue weighted by molar-refractivity contribution is -0.123. The number of halogens is 1. The molecule has 0 spiro atoms. The Kier molecular flexibility index (Phi) is 5.11. The van der Waals surface area contributed by atoms with E-state index >= 15 is 0 Å². The first-order chi connectivity index (χ1) is 10.1. The van der Waals surface area contributed by atoms with E-state index in [9.17, 15) is 9.18 Å². The van der Waals surface area contributed by atoms with E-state index in [1.54, 1.807) is 37.5 Å². The Morgan fingerprint density at radius 1 is 1.24 bits per heavy atom. The minimum Gasteiger partial charge on any atom is -0.467 e. The number of rotatable bonds is 6. The SMILES string of the molecule is CC(NC(C)c1ccc(F)cc1)C(=O)NCc1ccco1. The molecule has 1 aromatic heterocycles. The van der Waals surface area contributed by atoms with Gasteiger partial charge in [0.05, 0.1) is 18.8 Å². The highest BCUT2D eigenvalue weighted by Gasteiger charge is 2.16. The Balaban J connectivity index is 1.83. The number of furan rings is 1. The summed E-state index contributed by atoms with van der Waals surface area (Å²) < 4.78 is 18.0. The van der Waals surface area contributed by atoms with E-state index in [1.807, 2.05) is 6.92 Å². The summed E-state index contributed by atoms with van der Waals surface area (Å²) in [6, 6.07) is 9.42. The molecule has 1 amide bonds. The van der Waals surface area contributed by atoms with Crippen molar-refractivity contribution in [2.75, 3.05) is 0 Å². The fraction of sp³-hybridized carbons (Fsp3) is 0.312. The second-order valence-corrected chi connectivity index (χ2v) is 4.96. The van der Waals surface area contributed by atoms with Crippen LogP contribution < -0.4 is 10.6 Å². The lowest BCUT2D eigenvalue weighted by Gasteiger charge is -2.19. The molecule has 2 atom stereocenters. The number of carbonyl (C=O) groups is 1. The van der Waals surface area contributed by atoms with E-state index in [0.29, 0.717) is 12.3 Å². The van der Waals surface area contributed by atoms with Crippen molar-refractivity contribution < 1.29 is 13.6 Å². The van der Waals surface area contributed by atoms with Crippen molar-refractivity contribution in [1.82, 2.24) is 10.6 Å². The molecular weight excluding hydrogens is 271 g/mol. The normalized spacial score (nSPS) is 13.7. The van der Waals surface area contributed by atoms with Crippen LogP contribution in [-0.4, -0.2) is 11.9 Å². The van der Waals surface area contributed by atoms with Gasteiger partial charge in [-0.2, -0.15) is 0 Å². The van der Waals surface area contributed by atoms with Crippen LogP contribution >= 0.6 is 0 Å². The van der Waals surface area contributed by atoms with Crippen molar-refractivity contribution >= 4 is 5.91 Å². The minimum atomic E-state index is -0.361. The summed E-state index contributed by atoms with van der Waals surface area (Å²) in [4.78, 5) is 12.0. The highest BCUT2D eigenvalue weighted by Crippen LogP contribution is 2.13. The maximum absolute atomic E-state index is 12.9. The van der Waals surface area contributed by atoms with Gasteiger partial charge in [-0.15, -0.1) is 0 Å². The molecule has 0 aliphatic carbocycles. The smallest absolute Gasteiger partial charge is 0.237 e. The van der Waals surface area contributed by atoms with Gasteiger partial charge in [-0.1, -0.05) is 12.1 Å². The standard InChI is InChI=1S/C16H19FN2O2/c1-11(13-5-7-14(17)8-6-13)19-12(2)16(20)18-10-15-4-3-9-21-15/h3-9,11-12,19H,10H2,1-2H3,(H,18,20). The molecule has 0 fully saturated rings. The molecule has 0 aliphatic heterocycles. The third-order valence-corrected chi connectivity index (χ3v) is 3.28. The van der Waals surface area contributed by atoms with Crippen LogP contribution in [0.15, 0.2) is 47.1 Å². The van der Waals surface area contributed by atoms with Gasteiger partial charge >= 0.3 is 0 Å². The van der Waals surface area contributed by atoms with Crippen LogP contribution in [0.5, 0.6) is 0 Å². The summed E-state index contributed by atoms with van der Waals surface area (Å²) in [6.07, 6.45) is 1.57. The number of amides is 1. The third kappa shape index (κ3) is 4.43. The first kappa shape index (κ1) is 15.3. The molecule has 2 unspecified atom stereocenters. The Hall–Kier alpha value is -2.14. The minimum absolute atomic E-state index is 0.0463. The Bertz CT molecular complexity index is 566. The average molecular weight is 290 g/mol. The van der Waals surface area contributed by atoms with E-state index in [1.165, 1.54) is 12.1 Å². The molecule has 0 aliphatic rings. The van der Waals surface area contributed by atoms with E-state index < -0.39 is 0 Å². The fourth-order valence-corrected chi connectivity index (χ4v) is 2.04. The first-order valence-electron chi connectivity index (χ1n) is 6.88. The maximum atomic E-state index is 12.9. The van der Waals surface area contributed by atoms with Gasteiger partial charge in [0.1, 0.15) is 11.6 Å². The second-order valence-electron chi connectivity index (χ2n) is 4.96. The summed E-state index contributed by atoms with van der Waals surface area (Å²) in [6.45, 7) is 4.09. The van der Waals surface area contributed by atoms with E-state index in [0.717, 1.165) is 5.56 Å². The zero-order valence-electron chi connectivity index (χ0n) is 12.1. The van der Waals surface area contributed by atoms with Gasteiger partial charge in [-0.25, -0.2) is 4.39 Å². The quantitative estimate of drug-likeness (QED) is 0.860. The monoisotopic (exact) mass is 290 g/mol. The molecule has 21 heavy (non-hydrogen) atoms. The summed E-state index contributed by atoms with van der Waals surface area (Å²) >= 11 is 0. The van der Waals surface area contributed by atoms with Gasteiger partial charge in [0, 0.05) is 6.04 Å². The maximum Gasteiger partial charge on any atom is 0.237 e. The number of benzene rings is 1. The predicted octanol–water partition coefficient (Wildman–Crippen LogP) is 2.77. The largest absolute Gasteiger partial charge is 0.467 e. The molecule has 0 radical (unpaired) electrons. The van der Waals surface area contributed by atoms with Gasteiger partial charge in [0.2, 0.25) is 5.91 Å². The molecule has 0 bridgehead atoms. The molecule has 2 N–H and O–H groups in total. The first-order valence-corrected chi connectivity index (χ1v) is 6.88. The van der Waals surface area contributed by atoms with Crippen molar-refractivity contribution in [2.45, 2.75) is 32.5 Å². The van der Waals surface area contributed by atoms with Gasteiger partial charge in [-0.05, 0) is 43.7 Å². The number of nitrogens with one attached hydrogen (secondary N) is 2. The molecule has 0 saturated heterocycles. The molecule has 0 saturated carbocycles. The van der Waals surface area contributed by atoms with Crippen LogP contribution in [0.2, 0.25) is 0 Å². The van der Waals surface area contributed by atoms with Crippen LogP contribution in [0.3, 0.4) is 0 Å². The van der Waals surface area contributed by atoms with Gasteiger partial charge in [0.25, 0.3) is 0 Å². The summed E-state index contributed by atoms with van der Waals surface area (Å²) in [5, 5.41) is 5.98. The fourth-order valence-electron chi connectivity index (χ4n) is 2.04. The van der Waals surface area contributed by atoms with Crippen molar-refractivity contribution in [2.24, 2.45) is 0 Å². The van der Waals surface area contributed by atoms with Crippen molar-refractivity contribution in [3.8, 4) is 0 Å². The number of hydrogen-bond acceptors (Lipinski definition) is 3. The van der Waals surface area contributed by atoms with Crippen LogP contribution in [0.25, 0.3) is 0 Å². The van der Waals surface area contributed by atoms with E-state index in [4.69, 9.17) is 4.42 Å². The predicted molar refractivity (Wildman–Crippen MR) is 78.0 cm³/mol. The highest BCUT2D eigenvalue weighted by atomic mass is 19.1. The molecule has 2 rings (SSSR count). The Labute approximate surface area is 123 Å². The van der Waals surface area contributed by atoms with Crippen LogP contribution in [0.1, 0.15) is 31.2 Å². The van der Waals surface area contributed by atoms with Gasteiger partial charge in [0.15, 0.2) is 0 Å². The summed E-state index contributed by atoms with van der Waals surface area (Å²) in [5.41, 5.74) is 0.932. The molecule has 4 nitrogen and oxygen atoms in total. The van der Waals surface area contributed by atoms with Gasteiger partial charge < -0.3 is 9.73 Å². The van der Waals surface area contributed by atoms with Crippen molar-refractivity contribution in [1.29, 1.82) is 0 Å². The zero-order chi connectivity index (χ0) is 15.2. The highest BCUT2D eigenvalue weighted by molar-refractivity contribution is 5.81. The van der Waals surface area contributed by atoms with Crippen LogP contribution in [0.4, 0.5) is 4.39 Å². The number of carbonyl (C=O) groups excluding carboxylic acids is 1. The van der Waals surface area contributed by atoms with Crippen LogP contribution in [-0.2, 0) is 11.3 Å². The molecular formula is C16H19FN2O2. The zero-order valence-corrected chi connectivity index (χ0v) is 12.1. The van der Waals surface area contributed by atoms with Crippen molar-refractivity contribution in [3.05, 3.63) is 59.8 Å². The molecule has 1 aromatic carbocycles. The Morgan fingerprint density at radius 3 is 2.57 bits per heavy atom. The van der Waals surface area contributed by atoms with E-state index in [-0.39, 0.29) is 23.8 Å².